The third-order valence-corrected chi connectivity index (χ3v) is 5.70. The SMILES string of the molecule is CCN(CCCl)c1ccc(/C=C/C2Nc3ccccc3C2(C)C)c(C)c1. The van der Waals surface area contributed by atoms with Crippen molar-refractivity contribution in [3.8, 4) is 0 Å². The van der Waals surface area contributed by atoms with Crippen molar-refractivity contribution in [2.45, 2.75) is 39.2 Å². The zero-order valence-electron chi connectivity index (χ0n) is 16.2. The van der Waals surface area contributed by atoms with Crippen LogP contribution in [0.5, 0.6) is 0 Å². The minimum Gasteiger partial charge on any atom is -0.378 e. The van der Waals surface area contributed by atoms with Crippen LogP contribution >= 0.6 is 11.6 Å². The first-order valence-electron chi connectivity index (χ1n) is 9.43. The fourth-order valence-corrected chi connectivity index (χ4v) is 3.99. The molecule has 1 heterocycles. The van der Waals surface area contributed by atoms with Crippen LogP contribution in [0, 0.1) is 6.92 Å². The van der Waals surface area contributed by atoms with Crippen molar-refractivity contribution in [3.63, 3.8) is 0 Å². The van der Waals surface area contributed by atoms with Gasteiger partial charge in [0.2, 0.25) is 0 Å². The number of anilines is 2. The maximum Gasteiger partial charge on any atom is 0.0540 e. The molecule has 0 amide bonds. The van der Waals surface area contributed by atoms with Gasteiger partial charge in [0.15, 0.2) is 0 Å². The molecule has 0 saturated heterocycles. The molecule has 0 bridgehead atoms. The number of aryl methyl sites for hydroxylation is 1. The second-order valence-electron chi connectivity index (χ2n) is 7.56. The van der Waals surface area contributed by atoms with E-state index in [9.17, 15) is 0 Å². The number of hydrogen-bond donors (Lipinski definition) is 1. The number of hydrogen-bond acceptors (Lipinski definition) is 2. The minimum atomic E-state index is 0.0836. The van der Waals surface area contributed by atoms with Crippen molar-refractivity contribution < 1.29 is 0 Å². The highest BCUT2D eigenvalue weighted by Gasteiger charge is 2.37. The third kappa shape index (κ3) is 3.61. The normalized spacial score (nSPS) is 18.0. The lowest BCUT2D eigenvalue weighted by atomic mass is 9.80. The van der Waals surface area contributed by atoms with E-state index in [0.29, 0.717) is 11.9 Å². The molecule has 0 aliphatic carbocycles. The molecule has 1 aliphatic heterocycles. The molecule has 1 N–H and O–H groups in total. The standard InChI is InChI=1S/C23H29ClN2/c1-5-26(15-14-24)19-12-10-18(17(2)16-19)11-13-22-23(3,4)20-8-6-7-9-21(20)25-22/h6-13,16,22,25H,5,14-15H2,1-4H3/b13-11+. The zero-order valence-corrected chi connectivity index (χ0v) is 17.0. The maximum atomic E-state index is 5.92. The van der Waals surface area contributed by atoms with E-state index < -0.39 is 0 Å². The topological polar surface area (TPSA) is 15.3 Å². The number of para-hydroxylation sites is 1. The second kappa shape index (κ2) is 7.75. The van der Waals surface area contributed by atoms with E-state index in [1.54, 1.807) is 0 Å². The van der Waals surface area contributed by atoms with Crippen LogP contribution in [0.4, 0.5) is 11.4 Å². The molecule has 0 aromatic heterocycles. The summed E-state index contributed by atoms with van der Waals surface area (Å²) >= 11 is 5.92. The first kappa shape index (κ1) is 18.8. The van der Waals surface area contributed by atoms with E-state index in [0.717, 1.165) is 13.1 Å². The molecule has 1 aliphatic rings. The number of halogens is 1. The van der Waals surface area contributed by atoms with Crippen molar-refractivity contribution in [3.05, 3.63) is 65.2 Å². The Labute approximate surface area is 162 Å². The van der Waals surface area contributed by atoms with E-state index >= 15 is 0 Å². The van der Waals surface area contributed by atoms with Crippen LogP contribution in [-0.2, 0) is 5.41 Å². The average molecular weight is 369 g/mol. The van der Waals surface area contributed by atoms with Crippen molar-refractivity contribution in [2.75, 3.05) is 29.2 Å². The third-order valence-electron chi connectivity index (χ3n) is 5.53. The van der Waals surface area contributed by atoms with Gasteiger partial charge in [-0.2, -0.15) is 0 Å². The predicted octanol–water partition coefficient (Wildman–Crippen LogP) is 5.85. The van der Waals surface area contributed by atoms with Crippen molar-refractivity contribution in [2.24, 2.45) is 0 Å². The number of alkyl halides is 1. The summed E-state index contributed by atoms with van der Waals surface area (Å²) in [4.78, 5) is 2.31. The van der Waals surface area contributed by atoms with Crippen molar-refractivity contribution in [1.29, 1.82) is 0 Å². The molecule has 1 unspecified atom stereocenters. The lowest BCUT2D eigenvalue weighted by Gasteiger charge is -2.25. The summed E-state index contributed by atoms with van der Waals surface area (Å²) in [5.74, 6) is 0.650. The number of nitrogens with zero attached hydrogens (tertiary/aromatic N) is 1. The summed E-state index contributed by atoms with van der Waals surface area (Å²) in [6, 6.07) is 15.6. The maximum absolute atomic E-state index is 5.92. The van der Waals surface area contributed by atoms with Crippen molar-refractivity contribution in [1.82, 2.24) is 0 Å². The van der Waals surface area contributed by atoms with Gasteiger partial charge in [-0.3, -0.25) is 0 Å². The Bertz CT molecular complexity index is 795. The van der Waals surface area contributed by atoms with Gasteiger partial charge in [-0.15, -0.1) is 11.6 Å². The Balaban J connectivity index is 1.79. The smallest absolute Gasteiger partial charge is 0.0540 e. The molecule has 0 fully saturated rings. The van der Waals surface area contributed by atoms with Gasteiger partial charge in [0.05, 0.1) is 6.04 Å². The number of fused-ring (bicyclic) bond motifs is 1. The van der Waals surface area contributed by atoms with Crippen LogP contribution < -0.4 is 10.2 Å². The van der Waals surface area contributed by atoms with Gasteiger partial charge < -0.3 is 10.2 Å². The highest BCUT2D eigenvalue weighted by molar-refractivity contribution is 6.18. The summed E-state index contributed by atoms with van der Waals surface area (Å²) < 4.78 is 0. The molecule has 0 radical (unpaired) electrons. The van der Waals surface area contributed by atoms with E-state index in [4.69, 9.17) is 11.6 Å². The Hall–Kier alpha value is -1.93. The second-order valence-corrected chi connectivity index (χ2v) is 7.94. The number of benzene rings is 2. The van der Waals surface area contributed by atoms with Crippen LogP contribution in [0.2, 0.25) is 0 Å². The Morgan fingerprint density at radius 2 is 1.96 bits per heavy atom. The molecule has 0 saturated carbocycles. The molecular formula is C23H29ClN2. The molecule has 2 aromatic rings. The largest absolute Gasteiger partial charge is 0.378 e. The Morgan fingerprint density at radius 1 is 1.19 bits per heavy atom. The van der Waals surface area contributed by atoms with Crippen LogP contribution in [0.1, 0.15) is 37.5 Å². The molecular weight excluding hydrogens is 340 g/mol. The molecule has 0 spiro atoms. The summed E-state index contributed by atoms with van der Waals surface area (Å²) in [6.45, 7) is 10.8. The van der Waals surface area contributed by atoms with Gasteiger partial charge >= 0.3 is 0 Å². The van der Waals surface area contributed by atoms with Crippen LogP contribution in [0.3, 0.4) is 0 Å². The summed E-state index contributed by atoms with van der Waals surface area (Å²) in [5, 5.41) is 3.66. The van der Waals surface area contributed by atoms with E-state index in [-0.39, 0.29) is 5.41 Å². The Morgan fingerprint density at radius 3 is 2.62 bits per heavy atom. The average Bonchev–Trinajstić information content (AvgIpc) is 2.89. The summed E-state index contributed by atoms with van der Waals surface area (Å²) in [5.41, 5.74) is 6.53. The fourth-order valence-electron chi connectivity index (χ4n) is 3.79. The van der Waals surface area contributed by atoms with Gasteiger partial charge in [0.1, 0.15) is 0 Å². The molecule has 138 valence electrons. The number of nitrogens with one attached hydrogen (secondary N) is 1. The first-order chi connectivity index (χ1) is 12.5. The lowest BCUT2D eigenvalue weighted by Crippen LogP contribution is -2.31. The molecule has 3 heteroatoms. The molecule has 26 heavy (non-hydrogen) atoms. The van der Waals surface area contributed by atoms with Crippen LogP contribution in [0.25, 0.3) is 6.08 Å². The lowest BCUT2D eigenvalue weighted by molar-refractivity contribution is 0.519. The molecule has 3 rings (SSSR count). The van der Waals surface area contributed by atoms with Gasteiger partial charge in [-0.1, -0.05) is 50.3 Å². The monoisotopic (exact) mass is 368 g/mol. The van der Waals surface area contributed by atoms with Gasteiger partial charge in [0.25, 0.3) is 0 Å². The molecule has 2 nitrogen and oxygen atoms in total. The summed E-state index contributed by atoms with van der Waals surface area (Å²) in [7, 11) is 0. The first-order valence-corrected chi connectivity index (χ1v) is 9.96. The highest BCUT2D eigenvalue weighted by atomic mass is 35.5. The van der Waals surface area contributed by atoms with E-state index in [1.807, 2.05) is 0 Å². The Kier molecular flexibility index (Phi) is 5.62. The number of rotatable bonds is 6. The van der Waals surface area contributed by atoms with Crippen molar-refractivity contribution >= 4 is 29.1 Å². The van der Waals surface area contributed by atoms with Gasteiger partial charge in [-0.05, 0) is 48.7 Å². The van der Waals surface area contributed by atoms with Gasteiger partial charge in [0, 0.05) is 35.8 Å². The molecule has 1 atom stereocenters. The quantitative estimate of drug-likeness (QED) is 0.644. The van der Waals surface area contributed by atoms with Crippen LogP contribution in [0.15, 0.2) is 48.5 Å². The fraction of sp³-hybridized carbons (Fsp3) is 0.391. The van der Waals surface area contributed by atoms with E-state index in [2.05, 4.69) is 92.5 Å². The highest BCUT2D eigenvalue weighted by Crippen LogP contribution is 2.41. The molecule has 2 aromatic carbocycles. The zero-order chi connectivity index (χ0) is 18.7. The van der Waals surface area contributed by atoms with Gasteiger partial charge in [-0.25, -0.2) is 0 Å². The minimum absolute atomic E-state index is 0.0836. The predicted molar refractivity (Wildman–Crippen MR) is 116 cm³/mol. The van der Waals surface area contributed by atoms with E-state index in [1.165, 1.54) is 28.1 Å². The van der Waals surface area contributed by atoms with Crippen LogP contribution in [-0.4, -0.2) is 25.0 Å². The summed E-state index contributed by atoms with van der Waals surface area (Å²) in [6.07, 6.45) is 4.56.